The van der Waals surface area contributed by atoms with Crippen LogP contribution < -0.4 is 25.0 Å². The molecule has 0 radical (unpaired) electrons. The molecule has 1 unspecified atom stereocenters. The number of H-pyrrole nitrogens is 1. The first kappa shape index (κ1) is 28.5. The molecule has 0 amide bonds. The smallest absolute Gasteiger partial charge is 0.349 e. The number of alkyl halides is 2. The maximum Gasteiger partial charge on any atom is 0.349 e. The number of nitrogens with one attached hydrogen (secondary N) is 1. The van der Waals surface area contributed by atoms with Crippen molar-refractivity contribution in [3.8, 4) is 22.9 Å². The summed E-state index contributed by atoms with van der Waals surface area (Å²) in [6.07, 6.45) is -2.82. The number of hydrogen-bond donors (Lipinski definition) is 1. The second kappa shape index (κ2) is 10.9. The molecular weight excluding hydrogens is 589 g/mol. The van der Waals surface area contributed by atoms with Crippen LogP contribution in [0.15, 0.2) is 39.9 Å². The van der Waals surface area contributed by atoms with Gasteiger partial charge in [0.05, 0.1) is 35.6 Å². The number of esters is 1. The number of aromatic nitrogens is 3. The highest BCUT2D eigenvalue weighted by molar-refractivity contribution is 7.80. The molecule has 1 saturated carbocycles. The van der Waals surface area contributed by atoms with Gasteiger partial charge in [0.25, 0.3) is 12.0 Å². The molecule has 1 aliphatic rings. The zero-order valence-electron chi connectivity index (χ0n) is 19.9. The fourth-order valence-corrected chi connectivity index (χ4v) is 5.16. The highest BCUT2D eigenvalue weighted by Crippen LogP contribution is 2.49. The minimum absolute atomic E-state index is 0.0257. The van der Waals surface area contributed by atoms with E-state index in [1.165, 1.54) is 25.3 Å². The third-order valence-electron chi connectivity index (χ3n) is 5.70. The van der Waals surface area contributed by atoms with Crippen LogP contribution in [0.3, 0.4) is 0 Å². The number of halogens is 4. The average Bonchev–Trinajstić information content (AvgIpc) is 3.67. The van der Waals surface area contributed by atoms with Crippen molar-refractivity contribution in [1.82, 2.24) is 14.8 Å². The van der Waals surface area contributed by atoms with Gasteiger partial charge < -0.3 is 18.8 Å². The van der Waals surface area contributed by atoms with Crippen LogP contribution in [0.5, 0.6) is 17.2 Å². The summed E-state index contributed by atoms with van der Waals surface area (Å²) < 4.78 is 67.8. The lowest BCUT2D eigenvalue weighted by Gasteiger charge is -2.34. The number of methoxy groups -OCH3 is 2. The zero-order chi connectivity index (χ0) is 28.6. The maximum atomic E-state index is 13.1. The van der Waals surface area contributed by atoms with Crippen LogP contribution in [0.4, 0.5) is 14.5 Å². The monoisotopic (exact) mass is 605 g/mol. The third-order valence-corrected chi connectivity index (χ3v) is 7.11. The van der Waals surface area contributed by atoms with E-state index < -0.39 is 46.1 Å². The molecular formula is C22H17Cl2F2N4O8S-. The average molecular weight is 606 g/mol. The largest absolute Gasteiger partial charge is 0.755 e. The first-order valence-electron chi connectivity index (χ1n) is 10.8. The fraction of sp³-hybridized carbons (Fsp3) is 0.273. The molecule has 0 aliphatic heterocycles. The van der Waals surface area contributed by atoms with Gasteiger partial charge in [-0.25, -0.2) is 18.4 Å². The Kier molecular flexibility index (Phi) is 7.97. The van der Waals surface area contributed by atoms with E-state index in [0.29, 0.717) is 4.68 Å². The van der Waals surface area contributed by atoms with Gasteiger partial charge in [0.1, 0.15) is 17.0 Å². The van der Waals surface area contributed by atoms with Crippen molar-refractivity contribution in [1.29, 1.82) is 0 Å². The first-order valence-corrected chi connectivity index (χ1v) is 12.6. The molecule has 208 valence electrons. The number of carbonyl (C=O) groups excluding carboxylic acids is 1. The summed E-state index contributed by atoms with van der Waals surface area (Å²) in [7, 11) is 2.45. The SMILES string of the molecule is COC(=O)C1(N(c2cc(Oc3c(Cl)cc(-n4nc(C(F)F)c(=O)[nH]c4=O)cc3Cl)ccc2OC)S(=O)[O-])CC1. The molecule has 17 heteroatoms. The molecule has 1 atom stereocenters. The predicted octanol–water partition coefficient (Wildman–Crippen LogP) is 3.27. The lowest BCUT2D eigenvalue weighted by atomic mass is 10.2. The lowest BCUT2D eigenvalue weighted by molar-refractivity contribution is -0.143. The number of nitrogens with zero attached hydrogens (tertiary/aromatic N) is 3. The summed E-state index contributed by atoms with van der Waals surface area (Å²) in [5.41, 5.74) is -5.27. The molecule has 0 saturated heterocycles. The number of aromatic amines is 1. The summed E-state index contributed by atoms with van der Waals surface area (Å²) >= 11 is 9.70. The molecule has 0 bridgehead atoms. The number of benzene rings is 2. The quantitative estimate of drug-likeness (QED) is 0.285. The van der Waals surface area contributed by atoms with E-state index in [9.17, 15) is 31.9 Å². The molecule has 1 heterocycles. The van der Waals surface area contributed by atoms with Crippen molar-refractivity contribution in [2.75, 3.05) is 18.5 Å². The van der Waals surface area contributed by atoms with E-state index in [0.717, 1.165) is 23.5 Å². The van der Waals surface area contributed by atoms with Gasteiger partial charge in [-0.3, -0.25) is 18.3 Å². The fourth-order valence-electron chi connectivity index (χ4n) is 3.76. The summed E-state index contributed by atoms with van der Waals surface area (Å²) in [4.78, 5) is 37.9. The molecule has 1 aliphatic carbocycles. The van der Waals surface area contributed by atoms with Gasteiger partial charge in [-0.15, -0.1) is 0 Å². The first-order chi connectivity index (χ1) is 18.4. The van der Waals surface area contributed by atoms with Gasteiger partial charge in [0.2, 0.25) is 0 Å². The number of carbonyl (C=O) groups is 1. The van der Waals surface area contributed by atoms with E-state index in [-0.39, 0.29) is 51.5 Å². The Hall–Kier alpha value is -3.53. The molecule has 2 aromatic carbocycles. The molecule has 3 aromatic rings. The van der Waals surface area contributed by atoms with Crippen LogP contribution in [0.1, 0.15) is 25.0 Å². The van der Waals surface area contributed by atoms with Crippen molar-refractivity contribution in [3.63, 3.8) is 0 Å². The Morgan fingerprint density at radius 2 is 1.85 bits per heavy atom. The Bertz CT molecular complexity index is 1570. The van der Waals surface area contributed by atoms with Crippen LogP contribution in [0, 0.1) is 0 Å². The summed E-state index contributed by atoms with van der Waals surface area (Å²) in [5, 5.41) is 3.01. The van der Waals surface area contributed by atoms with E-state index in [2.05, 4.69) is 5.10 Å². The van der Waals surface area contributed by atoms with E-state index in [1.54, 1.807) is 4.98 Å². The Morgan fingerprint density at radius 1 is 1.21 bits per heavy atom. The van der Waals surface area contributed by atoms with Crippen molar-refractivity contribution < 1.29 is 36.5 Å². The van der Waals surface area contributed by atoms with Gasteiger partial charge in [-0.2, -0.15) is 9.78 Å². The molecule has 0 spiro atoms. The van der Waals surface area contributed by atoms with Gasteiger partial charge in [0.15, 0.2) is 11.4 Å². The maximum absolute atomic E-state index is 13.1. The van der Waals surface area contributed by atoms with Gasteiger partial charge in [-0.05, 0) is 37.1 Å². The molecule has 1 aromatic heterocycles. The molecule has 4 rings (SSSR count). The van der Waals surface area contributed by atoms with E-state index in [4.69, 9.17) is 37.4 Å². The molecule has 1 fully saturated rings. The lowest BCUT2D eigenvalue weighted by Crippen LogP contribution is -2.45. The number of hydrogen-bond acceptors (Lipinski definition) is 9. The van der Waals surface area contributed by atoms with Crippen LogP contribution >= 0.6 is 23.2 Å². The number of ether oxygens (including phenoxy) is 3. The van der Waals surface area contributed by atoms with Crippen molar-refractivity contribution in [3.05, 3.63) is 66.9 Å². The molecule has 1 N–H and O–H groups in total. The zero-order valence-corrected chi connectivity index (χ0v) is 22.2. The van der Waals surface area contributed by atoms with E-state index in [1.807, 2.05) is 0 Å². The highest BCUT2D eigenvalue weighted by Gasteiger charge is 2.57. The summed E-state index contributed by atoms with van der Waals surface area (Å²) in [5.74, 6) is -0.762. The van der Waals surface area contributed by atoms with Crippen LogP contribution in [-0.4, -0.2) is 49.3 Å². The predicted molar refractivity (Wildman–Crippen MR) is 134 cm³/mol. The Balaban J connectivity index is 1.74. The highest BCUT2D eigenvalue weighted by atomic mass is 35.5. The van der Waals surface area contributed by atoms with Gasteiger partial charge in [0, 0.05) is 17.3 Å². The second-order valence-electron chi connectivity index (χ2n) is 8.07. The molecule has 39 heavy (non-hydrogen) atoms. The van der Waals surface area contributed by atoms with E-state index >= 15 is 0 Å². The van der Waals surface area contributed by atoms with Crippen LogP contribution in [0.25, 0.3) is 5.69 Å². The van der Waals surface area contributed by atoms with Gasteiger partial charge in [-0.1, -0.05) is 23.2 Å². The number of anilines is 1. The van der Waals surface area contributed by atoms with Crippen LogP contribution in [0.2, 0.25) is 10.0 Å². The Morgan fingerprint density at radius 3 is 2.36 bits per heavy atom. The van der Waals surface area contributed by atoms with Crippen molar-refractivity contribution in [2.24, 2.45) is 0 Å². The minimum atomic E-state index is -3.25. The topological polar surface area (TPSA) is 156 Å². The third kappa shape index (κ3) is 5.34. The second-order valence-corrected chi connectivity index (χ2v) is 9.68. The van der Waals surface area contributed by atoms with Gasteiger partial charge >= 0.3 is 11.7 Å². The molecule has 12 nitrogen and oxygen atoms in total. The summed E-state index contributed by atoms with van der Waals surface area (Å²) in [6, 6.07) is 6.34. The van der Waals surface area contributed by atoms with Crippen molar-refractivity contribution >= 4 is 46.1 Å². The van der Waals surface area contributed by atoms with Crippen molar-refractivity contribution in [2.45, 2.75) is 24.8 Å². The Labute approximate surface area is 230 Å². The standard InChI is InChI=1S/C22H18Cl2F2N4O8S/c1-36-15-4-3-11(9-14(15)30(39(34)35)22(5-6-22)20(32)37-2)38-17-12(23)7-10(8-13(17)24)29-21(33)27-19(31)16(28-29)18(25)26/h3-4,7-9,18H,5-6H2,1-2H3,(H,34,35)(H,27,31,33)/p-1. The minimum Gasteiger partial charge on any atom is -0.755 e. The normalized spacial score (nSPS) is 14.6. The number of rotatable bonds is 9. The van der Waals surface area contributed by atoms with Crippen LogP contribution in [-0.2, 0) is 20.8 Å². The summed E-state index contributed by atoms with van der Waals surface area (Å²) in [6.45, 7) is 0.